The molecular weight excluding hydrogens is 330 g/mol. The van der Waals surface area contributed by atoms with Gasteiger partial charge in [0.25, 0.3) is 5.56 Å². The number of para-hydroxylation sites is 1. The lowest BCUT2D eigenvalue weighted by atomic mass is 10.2. The average molecular weight is 344 g/mol. The zero-order chi connectivity index (χ0) is 14.7. The maximum absolute atomic E-state index is 12.3. The van der Waals surface area contributed by atoms with Crippen LogP contribution in [-0.4, -0.2) is 16.1 Å². The topological polar surface area (TPSA) is 46.9 Å². The molecule has 0 amide bonds. The summed E-state index contributed by atoms with van der Waals surface area (Å²) in [5.41, 5.74) is 1.76. The highest BCUT2D eigenvalue weighted by atomic mass is 79.9. The summed E-state index contributed by atoms with van der Waals surface area (Å²) in [5.74, 6) is 0. The van der Waals surface area contributed by atoms with E-state index in [9.17, 15) is 4.79 Å². The molecule has 3 rings (SSSR count). The van der Waals surface area contributed by atoms with Crippen molar-refractivity contribution >= 4 is 32.5 Å². The van der Waals surface area contributed by atoms with Gasteiger partial charge in [-0.05, 0) is 36.4 Å². The largest absolute Gasteiger partial charge is 0.383 e. The average Bonchev–Trinajstić information content (AvgIpc) is 2.52. The number of nitrogens with zero attached hydrogens (tertiary/aromatic N) is 2. The van der Waals surface area contributed by atoms with Crippen LogP contribution < -0.4 is 10.9 Å². The fraction of sp³-hybridized carbons (Fsp3) is 0.125. The summed E-state index contributed by atoms with van der Waals surface area (Å²) in [6.45, 7) is 1.24. The lowest BCUT2D eigenvalue weighted by Crippen LogP contribution is -2.24. The molecule has 0 atom stereocenters. The minimum Gasteiger partial charge on any atom is -0.383 e. The standard InChI is InChI=1S/C16H14BrN3O/c17-12-5-7-13(8-6-12)18-9-10-20-11-19-15-4-2-1-3-14(15)16(20)21/h1-8,11,18H,9-10H2. The van der Waals surface area contributed by atoms with Crippen molar-refractivity contribution in [2.75, 3.05) is 11.9 Å². The molecule has 0 aliphatic rings. The first-order valence-electron chi connectivity index (χ1n) is 6.68. The first-order chi connectivity index (χ1) is 10.2. The van der Waals surface area contributed by atoms with Crippen LogP contribution in [0.2, 0.25) is 0 Å². The van der Waals surface area contributed by atoms with Gasteiger partial charge in [0, 0.05) is 23.2 Å². The first kappa shape index (κ1) is 13.8. The second kappa shape index (κ2) is 6.10. The monoisotopic (exact) mass is 343 g/mol. The molecule has 2 aromatic carbocycles. The normalized spacial score (nSPS) is 10.7. The maximum atomic E-state index is 12.3. The van der Waals surface area contributed by atoms with Gasteiger partial charge in [-0.25, -0.2) is 4.98 Å². The van der Waals surface area contributed by atoms with E-state index in [-0.39, 0.29) is 5.56 Å². The third-order valence-electron chi connectivity index (χ3n) is 3.26. The number of fused-ring (bicyclic) bond motifs is 1. The molecule has 0 unspecified atom stereocenters. The molecule has 5 heteroatoms. The van der Waals surface area contributed by atoms with Gasteiger partial charge in [-0.1, -0.05) is 28.1 Å². The van der Waals surface area contributed by atoms with Crippen LogP contribution in [0.15, 0.2) is 64.1 Å². The van der Waals surface area contributed by atoms with Crippen LogP contribution in [0.25, 0.3) is 10.9 Å². The molecule has 0 aliphatic carbocycles. The lowest BCUT2D eigenvalue weighted by Gasteiger charge is -2.09. The molecule has 0 spiro atoms. The number of benzene rings is 2. The van der Waals surface area contributed by atoms with E-state index in [0.29, 0.717) is 18.5 Å². The van der Waals surface area contributed by atoms with E-state index >= 15 is 0 Å². The van der Waals surface area contributed by atoms with E-state index in [4.69, 9.17) is 0 Å². The van der Waals surface area contributed by atoms with Gasteiger partial charge in [0.05, 0.1) is 17.2 Å². The van der Waals surface area contributed by atoms with Crippen molar-refractivity contribution in [3.05, 3.63) is 69.7 Å². The zero-order valence-corrected chi connectivity index (χ0v) is 12.9. The van der Waals surface area contributed by atoms with Crippen LogP contribution in [0.4, 0.5) is 5.69 Å². The molecule has 3 aromatic rings. The molecule has 106 valence electrons. The van der Waals surface area contributed by atoms with E-state index in [0.717, 1.165) is 15.7 Å². The van der Waals surface area contributed by atoms with Crippen molar-refractivity contribution in [3.63, 3.8) is 0 Å². The van der Waals surface area contributed by atoms with Crippen molar-refractivity contribution in [3.8, 4) is 0 Å². The Hall–Kier alpha value is -2.14. The summed E-state index contributed by atoms with van der Waals surface area (Å²) in [6.07, 6.45) is 1.61. The van der Waals surface area contributed by atoms with Gasteiger partial charge in [-0.2, -0.15) is 0 Å². The Bertz CT molecular complexity index is 812. The van der Waals surface area contributed by atoms with Crippen LogP contribution in [0.3, 0.4) is 0 Å². The van der Waals surface area contributed by atoms with Gasteiger partial charge in [0.1, 0.15) is 0 Å². The lowest BCUT2D eigenvalue weighted by molar-refractivity contribution is 0.689. The van der Waals surface area contributed by atoms with E-state index in [1.807, 2.05) is 48.5 Å². The fourth-order valence-corrected chi connectivity index (χ4v) is 2.42. The highest BCUT2D eigenvalue weighted by molar-refractivity contribution is 9.10. The van der Waals surface area contributed by atoms with Crippen LogP contribution >= 0.6 is 15.9 Å². The maximum Gasteiger partial charge on any atom is 0.261 e. The predicted molar refractivity (Wildman–Crippen MR) is 88.6 cm³/mol. The van der Waals surface area contributed by atoms with Crippen molar-refractivity contribution in [2.24, 2.45) is 0 Å². The molecule has 0 aliphatic heterocycles. The quantitative estimate of drug-likeness (QED) is 0.790. The third kappa shape index (κ3) is 3.13. The molecule has 4 nitrogen and oxygen atoms in total. The van der Waals surface area contributed by atoms with Gasteiger partial charge in [-0.15, -0.1) is 0 Å². The number of rotatable bonds is 4. The molecule has 0 radical (unpaired) electrons. The van der Waals surface area contributed by atoms with E-state index < -0.39 is 0 Å². The summed E-state index contributed by atoms with van der Waals surface area (Å²) >= 11 is 3.40. The number of aromatic nitrogens is 2. The number of hydrogen-bond donors (Lipinski definition) is 1. The molecule has 0 saturated heterocycles. The first-order valence-corrected chi connectivity index (χ1v) is 7.47. The molecule has 0 bridgehead atoms. The predicted octanol–water partition coefficient (Wildman–Crippen LogP) is 3.27. The second-order valence-corrected chi connectivity index (χ2v) is 5.61. The minimum atomic E-state index is -0.00166. The summed E-state index contributed by atoms with van der Waals surface area (Å²) in [5, 5.41) is 3.94. The van der Waals surface area contributed by atoms with E-state index in [1.165, 1.54) is 0 Å². The molecule has 0 fully saturated rings. The van der Waals surface area contributed by atoms with Crippen molar-refractivity contribution in [1.82, 2.24) is 9.55 Å². The Kier molecular flexibility index (Phi) is 4.01. The molecule has 0 saturated carbocycles. The zero-order valence-electron chi connectivity index (χ0n) is 11.3. The molecule has 21 heavy (non-hydrogen) atoms. The summed E-state index contributed by atoms with van der Waals surface area (Å²) in [4.78, 5) is 16.6. The van der Waals surface area contributed by atoms with Gasteiger partial charge < -0.3 is 5.32 Å². The summed E-state index contributed by atoms with van der Waals surface area (Å²) < 4.78 is 2.68. The fourth-order valence-electron chi connectivity index (χ4n) is 2.15. The minimum absolute atomic E-state index is 0.00166. The third-order valence-corrected chi connectivity index (χ3v) is 3.79. The van der Waals surface area contributed by atoms with Crippen molar-refractivity contribution in [2.45, 2.75) is 6.54 Å². The van der Waals surface area contributed by atoms with E-state index in [1.54, 1.807) is 10.9 Å². The van der Waals surface area contributed by atoms with Crippen LogP contribution in [-0.2, 0) is 6.54 Å². The Labute approximate surface area is 130 Å². The molecular formula is C16H14BrN3O. The Morgan fingerprint density at radius 3 is 2.67 bits per heavy atom. The van der Waals surface area contributed by atoms with E-state index in [2.05, 4.69) is 26.2 Å². The van der Waals surface area contributed by atoms with Gasteiger partial charge in [0.15, 0.2) is 0 Å². The summed E-state index contributed by atoms with van der Waals surface area (Å²) in [7, 11) is 0. The number of hydrogen-bond acceptors (Lipinski definition) is 3. The van der Waals surface area contributed by atoms with Gasteiger partial charge in [-0.3, -0.25) is 9.36 Å². The van der Waals surface area contributed by atoms with Crippen molar-refractivity contribution < 1.29 is 0 Å². The van der Waals surface area contributed by atoms with Gasteiger partial charge >= 0.3 is 0 Å². The Morgan fingerprint density at radius 2 is 1.86 bits per heavy atom. The number of halogens is 1. The molecule has 1 heterocycles. The Balaban J connectivity index is 1.72. The van der Waals surface area contributed by atoms with Crippen LogP contribution in [0.1, 0.15) is 0 Å². The highest BCUT2D eigenvalue weighted by Crippen LogP contribution is 2.13. The SMILES string of the molecule is O=c1c2ccccc2ncn1CCNc1ccc(Br)cc1. The van der Waals surface area contributed by atoms with Crippen LogP contribution in [0, 0.1) is 0 Å². The molecule has 1 N–H and O–H groups in total. The molecule has 1 aromatic heterocycles. The summed E-state index contributed by atoms with van der Waals surface area (Å²) in [6, 6.07) is 15.3. The number of nitrogens with one attached hydrogen (secondary N) is 1. The second-order valence-electron chi connectivity index (χ2n) is 4.69. The smallest absolute Gasteiger partial charge is 0.261 e. The Morgan fingerprint density at radius 1 is 1.10 bits per heavy atom. The van der Waals surface area contributed by atoms with Crippen molar-refractivity contribution in [1.29, 1.82) is 0 Å². The number of anilines is 1. The highest BCUT2D eigenvalue weighted by Gasteiger charge is 2.02. The van der Waals surface area contributed by atoms with Crippen LogP contribution in [0.5, 0.6) is 0 Å². The van der Waals surface area contributed by atoms with Gasteiger partial charge in [0.2, 0.25) is 0 Å².